The molecule has 0 radical (unpaired) electrons. The summed E-state index contributed by atoms with van der Waals surface area (Å²) in [5.74, 6) is 0.501. The average Bonchev–Trinajstić information content (AvgIpc) is 3.35. The minimum atomic E-state index is -0.0778. The van der Waals surface area contributed by atoms with E-state index >= 15 is 0 Å². The van der Waals surface area contributed by atoms with Crippen molar-refractivity contribution in [2.24, 2.45) is 5.92 Å². The molecule has 3 rings (SSSR count). The topological polar surface area (TPSA) is 62.3 Å². The summed E-state index contributed by atoms with van der Waals surface area (Å²) in [7, 11) is 1.78. The van der Waals surface area contributed by atoms with Crippen molar-refractivity contribution < 1.29 is 9.59 Å². The molecule has 1 fully saturated rings. The van der Waals surface area contributed by atoms with E-state index in [1.165, 1.54) is 0 Å². The predicted molar refractivity (Wildman–Crippen MR) is 105 cm³/mol. The summed E-state index contributed by atoms with van der Waals surface area (Å²) in [6.45, 7) is 6.63. The Labute approximate surface area is 158 Å². The molecule has 1 heterocycles. The van der Waals surface area contributed by atoms with E-state index in [0.29, 0.717) is 18.0 Å². The smallest absolute Gasteiger partial charge is 0.254 e. The Morgan fingerprint density at radius 3 is 2.69 bits per heavy atom. The number of amides is 2. The fraction of sp³-hybridized carbons (Fsp3) is 0.450. The molecule has 0 bridgehead atoms. The fourth-order valence-electron chi connectivity index (χ4n) is 2.67. The van der Waals surface area contributed by atoms with Gasteiger partial charge >= 0.3 is 0 Å². The third kappa shape index (κ3) is 4.30. The van der Waals surface area contributed by atoms with Crippen LogP contribution in [0.2, 0.25) is 0 Å². The first-order valence-corrected chi connectivity index (χ1v) is 9.84. The van der Waals surface area contributed by atoms with Crippen molar-refractivity contribution in [2.45, 2.75) is 46.1 Å². The van der Waals surface area contributed by atoms with Crippen LogP contribution in [0, 0.1) is 12.8 Å². The quantitative estimate of drug-likeness (QED) is 0.828. The van der Waals surface area contributed by atoms with E-state index in [2.05, 4.69) is 24.1 Å². The number of hydrogen-bond donors (Lipinski definition) is 1. The molecule has 138 valence electrons. The van der Waals surface area contributed by atoms with Gasteiger partial charge in [0, 0.05) is 35.5 Å². The molecule has 6 heteroatoms. The number of rotatable bonds is 6. The van der Waals surface area contributed by atoms with E-state index in [-0.39, 0.29) is 17.7 Å². The van der Waals surface area contributed by atoms with Crippen LogP contribution < -0.4 is 5.32 Å². The van der Waals surface area contributed by atoms with Gasteiger partial charge in [-0.05, 0) is 37.5 Å². The molecular weight excluding hydrogens is 346 g/mol. The van der Waals surface area contributed by atoms with Crippen molar-refractivity contribution in [1.82, 2.24) is 9.88 Å². The van der Waals surface area contributed by atoms with Crippen LogP contribution in [-0.4, -0.2) is 28.7 Å². The largest absolute Gasteiger partial charge is 0.336 e. The summed E-state index contributed by atoms with van der Waals surface area (Å²) in [5, 5.41) is 6.05. The molecule has 1 aromatic heterocycles. The lowest BCUT2D eigenvalue weighted by atomic mass is 10.1. The van der Waals surface area contributed by atoms with Gasteiger partial charge in [-0.1, -0.05) is 19.9 Å². The number of aryl methyl sites for hydroxylation is 1. The molecule has 0 saturated heterocycles. The Bertz CT molecular complexity index is 824. The zero-order valence-electron chi connectivity index (χ0n) is 15.7. The van der Waals surface area contributed by atoms with Gasteiger partial charge in [-0.25, -0.2) is 4.98 Å². The number of carbonyl (C=O) groups is 2. The second kappa shape index (κ2) is 7.58. The van der Waals surface area contributed by atoms with Crippen molar-refractivity contribution in [1.29, 1.82) is 0 Å². The van der Waals surface area contributed by atoms with Crippen LogP contribution in [0.4, 0.5) is 5.69 Å². The highest BCUT2D eigenvalue weighted by Crippen LogP contribution is 2.31. The maximum Gasteiger partial charge on any atom is 0.254 e. The maximum absolute atomic E-state index is 12.8. The zero-order chi connectivity index (χ0) is 18.8. The van der Waals surface area contributed by atoms with Crippen LogP contribution in [0.5, 0.6) is 0 Å². The van der Waals surface area contributed by atoms with Gasteiger partial charge < -0.3 is 10.2 Å². The van der Waals surface area contributed by atoms with Crippen molar-refractivity contribution in [3.8, 4) is 0 Å². The molecule has 1 aromatic carbocycles. The molecule has 1 aliphatic rings. The first-order valence-electron chi connectivity index (χ1n) is 8.96. The van der Waals surface area contributed by atoms with Gasteiger partial charge in [0.05, 0.1) is 17.2 Å². The lowest BCUT2D eigenvalue weighted by Gasteiger charge is -2.17. The minimum Gasteiger partial charge on any atom is -0.336 e. The van der Waals surface area contributed by atoms with Crippen LogP contribution in [0.3, 0.4) is 0 Å². The van der Waals surface area contributed by atoms with Crippen LogP contribution in [0.15, 0.2) is 23.6 Å². The number of carbonyl (C=O) groups excluding carboxylic acids is 2. The van der Waals surface area contributed by atoms with Gasteiger partial charge in [0.25, 0.3) is 5.91 Å². The molecule has 0 atom stereocenters. The number of anilines is 1. The molecule has 26 heavy (non-hydrogen) atoms. The Morgan fingerprint density at radius 1 is 1.35 bits per heavy atom. The number of thiazole rings is 1. The lowest BCUT2D eigenvalue weighted by molar-refractivity contribution is -0.117. The number of nitrogens with one attached hydrogen (secondary N) is 1. The van der Waals surface area contributed by atoms with E-state index in [1.807, 2.05) is 24.4 Å². The fourth-order valence-corrected chi connectivity index (χ4v) is 3.49. The molecule has 2 amide bonds. The first kappa shape index (κ1) is 18.6. The Balaban J connectivity index is 1.70. The van der Waals surface area contributed by atoms with Crippen LogP contribution in [-0.2, 0) is 11.3 Å². The number of aromatic nitrogens is 1. The summed E-state index contributed by atoms with van der Waals surface area (Å²) in [6.07, 6.45) is 1.91. The minimum absolute atomic E-state index is 0.0507. The summed E-state index contributed by atoms with van der Waals surface area (Å²) < 4.78 is 0. The third-order valence-electron chi connectivity index (χ3n) is 4.50. The summed E-state index contributed by atoms with van der Waals surface area (Å²) in [6, 6.07) is 5.46. The van der Waals surface area contributed by atoms with Gasteiger partial charge in [0.15, 0.2) is 0 Å². The van der Waals surface area contributed by atoms with E-state index < -0.39 is 0 Å². The molecule has 0 aliphatic heterocycles. The Kier molecular flexibility index (Phi) is 5.41. The van der Waals surface area contributed by atoms with E-state index in [0.717, 1.165) is 34.8 Å². The molecule has 5 nitrogen and oxygen atoms in total. The molecule has 1 saturated carbocycles. The summed E-state index contributed by atoms with van der Waals surface area (Å²) in [4.78, 5) is 31.1. The molecule has 0 spiro atoms. The van der Waals surface area contributed by atoms with Crippen LogP contribution in [0.1, 0.15) is 59.2 Å². The van der Waals surface area contributed by atoms with Crippen molar-refractivity contribution in [2.75, 3.05) is 12.4 Å². The molecule has 1 N–H and O–H groups in total. The van der Waals surface area contributed by atoms with Crippen LogP contribution in [0.25, 0.3) is 0 Å². The second-order valence-electron chi connectivity index (χ2n) is 7.29. The Hall–Kier alpha value is -2.21. The normalized spacial score (nSPS) is 13.7. The summed E-state index contributed by atoms with van der Waals surface area (Å²) >= 11 is 1.63. The van der Waals surface area contributed by atoms with Crippen molar-refractivity contribution >= 4 is 28.8 Å². The monoisotopic (exact) mass is 371 g/mol. The SMILES string of the molecule is Cc1ccc(C(=O)N(C)Cc2csc(C(C)C)n2)cc1NC(=O)C1CC1. The summed E-state index contributed by atoms with van der Waals surface area (Å²) in [5.41, 5.74) is 3.16. The first-order chi connectivity index (χ1) is 12.3. The van der Waals surface area contributed by atoms with Crippen molar-refractivity contribution in [3.63, 3.8) is 0 Å². The Morgan fingerprint density at radius 2 is 2.08 bits per heavy atom. The van der Waals surface area contributed by atoms with Gasteiger partial charge in [-0.2, -0.15) is 0 Å². The molecule has 2 aromatic rings. The molecular formula is C20H25N3O2S. The predicted octanol–water partition coefficient (Wildman–Crippen LogP) is 4.20. The molecule has 0 unspecified atom stereocenters. The highest BCUT2D eigenvalue weighted by molar-refractivity contribution is 7.09. The highest BCUT2D eigenvalue weighted by Gasteiger charge is 2.30. The highest BCUT2D eigenvalue weighted by atomic mass is 32.1. The van der Waals surface area contributed by atoms with Crippen LogP contribution >= 0.6 is 11.3 Å². The van der Waals surface area contributed by atoms with E-state index in [9.17, 15) is 9.59 Å². The van der Waals surface area contributed by atoms with Gasteiger partial charge in [-0.3, -0.25) is 9.59 Å². The average molecular weight is 372 g/mol. The standard InChI is InChI=1S/C20H25N3O2S/c1-12(2)19-21-16(11-26-19)10-23(4)20(25)15-6-5-13(3)17(9-15)22-18(24)14-7-8-14/h5-6,9,11-12,14H,7-8,10H2,1-4H3,(H,22,24). The third-order valence-corrected chi connectivity index (χ3v) is 5.69. The second-order valence-corrected chi connectivity index (χ2v) is 8.18. The maximum atomic E-state index is 12.8. The van der Waals surface area contributed by atoms with E-state index in [4.69, 9.17) is 0 Å². The van der Waals surface area contributed by atoms with Gasteiger partial charge in [0.2, 0.25) is 5.91 Å². The molecule has 1 aliphatic carbocycles. The van der Waals surface area contributed by atoms with Gasteiger partial charge in [0.1, 0.15) is 0 Å². The lowest BCUT2D eigenvalue weighted by Crippen LogP contribution is -2.26. The van der Waals surface area contributed by atoms with E-state index in [1.54, 1.807) is 29.4 Å². The number of hydrogen-bond acceptors (Lipinski definition) is 4. The number of benzene rings is 1. The zero-order valence-corrected chi connectivity index (χ0v) is 16.5. The van der Waals surface area contributed by atoms with Crippen molar-refractivity contribution in [3.05, 3.63) is 45.4 Å². The number of nitrogens with zero attached hydrogens (tertiary/aromatic N) is 2. The van der Waals surface area contributed by atoms with Gasteiger partial charge in [-0.15, -0.1) is 11.3 Å².